The second kappa shape index (κ2) is 7.25. The molecule has 3 aromatic rings. The molecule has 0 aliphatic carbocycles. The maximum absolute atomic E-state index is 13.0. The summed E-state index contributed by atoms with van der Waals surface area (Å²) >= 11 is 3.22. The van der Waals surface area contributed by atoms with Gasteiger partial charge in [-0.05, 0) is 29.7 Å². The van der Waals surface area contributed by atoms with Gasteiger partial charge in [0.05, 0.1) is 21.0 Å². The van der Waals surface area contributed by atoms with E-state index in [2.05, 4.69) is 21.4 Å². The number of benzene rings is 3. The third-order valence-corrected chi connectivity index (χ3v) is 5.16. The van der Waals surface area contributed by atoms with Crippen LogP contribution in [0.2, 0.25) is 0 Å². The maximum atomic E-state index is 13.0. The Balaban J connectivity index is 1.86. The lowest BCUT2D eigenvalue weighted by atomic mass is 9.93. The SMILES string of the molecule is O=C(NN1C(=O)c2cc([N+](=O)[O-])cc3cc([N+](=O)[O-])cc(c23)C1=O)c1ccc(Br)cc1. The minimum absolute atomic E-state index is 0.00557. The summed E-state index contributed by atoms with van der Waals surface area (Å²) in [6.07, 6.45) is 0. The van der Waals surface area contributed by atoms with Crippen molar-refractivity contribution in [3.63, 3.8) is 0 Å². The molecule has 31 heavy (non-hydrogen) atoms. The number of halogens is 1. The fourth-order valence-corrected chi connectivity index (χ4v) is 3.50. The number of carbonyl (C=O) groups is 3. The number of imide groups is 1. The molecule has 4 rings (SSSR count). The molecule has 1 aliphatic heterocycles. The number of rotatable bonds is 4. The minimum atomic E-state index is -0.995. The monoisotopic (exact) mass is 484 g/mol. The topological polar surface area (TPSA) is 153 Å². The highest BCUT2D eigenvalue weighted by Gasteiger charge is 2.37. The molecule has 0 saturated heterocycles. The summed E-state index contributed by atoms with van der Waals surface area (Å²) < 4.78 is 0.703. The van der Waals surface area contributed by atoms with Crippen molar-refractivity contribution >= 4 is 55.8 Å². The number of non-ortho nitro benzene ring substituents is 2. The Morgan fingerprint density at radius 1 is 0.871 bits per heavy atom. The molecule has 0 aromatic heterocycles. The van der Waals surface area contributed by atoms with Crippen molar-refractivity contribution in [2.45, 2.75) is 0 Å². The quantitative estimate of drug-likeness (QED) is 0.338. The lowest BCUT2D eigenvalue weighted by Gasteiger charge is -2.27. The van der Waals surface area contributed by atoms with E-state index in [0.29, 0.717) is 9.48 Å². The Morgan fingerprint density at radius 2 is 1.35 bits per heavy atom. The number of hydrazine groups is 1. The minimum Gasteiger partial charge on any atom is -0.267 e. The zero-order chi connectivity index (χ0) is 22.4. The predicted octanol–water partition coefficient (Wildman–Crippen LogP) is 3.36. The number of nitro groups is 2. The van der Waals surface area contributed by atoms with E-state index in [1.807, 2.05) is 0 Å². The molecule has 1 N–H and O–H groups in total. The average Bonchev–Trinajstić information content (AvgIpc) is 2.74. The van der Waals surface area contributed by atoms with Crippen molar-refractivity contribution in [3.8, 4) is 0 Å². The summed E-state index contributed by atoms with van der Waals surface area (Å²) in [6, 6.07) is 10.1. The summed E-state index contributed by atoms with van der Waals surface area (Å²) in [5, 5.41) is 23.0. The number of hydrogen-bond acceptors (Lipinski definition) is 7. The molecule has 1 aliphatic rings. The second-order valence-electron chi connectivity index (χ2n) is 6.49. The Labute approximate surface area is 180 Å². The highest BCUT2D eigenvalue weighted by atomic mass is 79.9. The van der Waals surface area contributed by atoms with Crippen LogP contribution in [0.5, 0.6) is 0 Å². The molecule has 0 spiro atoms. The standard InChI is InChI=1S/C19H9BrN4O7/c20-11-3-1-9(2-4-11)17(25)21-22-18(26)14-7-12(23(28)29)5-10-6-13(24(30)31)8-15(16(10)14)19(22)27/h1-8H,(H,21,25). The number of nitro benzene ring substituents is 2. The first-order valence-corrected chi connectivity index (χ1v) is 9.32. The van der Waals surface area contributed by atoms with Crippen LogP contribution >= 0.6 is 15.9 Å². The smallest absolute Gasteiger partial charge is 0.267 e. The summed E-state index contributed by atoms with van der Waals surface area (Å²) in [5.41, 5.74) is 0.869. The van der Waals surface area contributed by atoms with Gasteiger partial charge in [-0.25, -0.2) is 0 Å². The lowest BCUT2D eigenvalue weighted by Crippen LogP contribution is -2.51. The van der Waals surface area contributed by atoms with Gasteiger partial charge in [0, 0.05) is 39.7 Å². The van der Waals surface area contributed by atoms with Crippen LogP contribution in [0, 0.1) is 20.2 Å². The molecule has 0 bridgehead atoms. The van der Waals surface area contributed by atoms with Crippen LogP contribution in [0.4, 0.5) is 11.4 Å². The van der Waals surface area contributed by atoms with Gasteiger partial charge in [-0.3, -0.25) is 40.0 Å². The van der Waals surface area contributed by atoms with E-state index in [4.69, 9.17) is 0 Å². The molecule has 0 unspecified atom stereocenters. The van der Waals surface area contributed by atoms with Crippen LogP contribution in [-0.2, 0) is 0 Å². The first-order chi connectivity index (χ1) is 14.7. The van der Waals surface area contributed by atoms with E-state index in [1.165, 1.54) is 12.1 Å². The molecule has 0 radical (unpaired) electrons. The summed E-state index contributed by atoms with van der Waals surface area (Å²) in [5.74, 6) is -2.78. The molecule has 3 aromatic carbocycles. The van der Waals surface area contributed by atoms with Crippen molar-refractivity contribution in [1.29, 1.82) is 0 Å². The van der Waals surface area contributed by atoms with Crippen LogP contribution in [0.15, 0.2) is 53.0 Å². The third-order valence-electron chi connectivity index (χ3n) is 4.63. The predicted molar refractivity (Wildman–Crippen MR) is 109 cm³/mol. The Hall–Kier alpha value is -4.19. The van der Waals surface area contributed by atoms with Crippen molar-refractivity contribution in [1.82, 2.24) is 10.4 Å². The van der Waals surface area contributed by atoms with Gasteiger partial charge in [-0.2, -0.15) is 5.01 Å². The number of nitrogens with one attached hydrogen (secondary N) is 1. The van der Waals surface area contributed by atoms with Crippen molar-refractivity contribution in [3.05, 3.63) is 89.9 Å². The molecule has 154 valence electrons. The zero-order valence-corrected chi connectivity index (χ0v) is 16.8. The zero-order valence-electron chi connectivity index (χ0n) is 15.2. The maximum Gasteiger partial charge on any atom is 0.280 e. The molecule has 11 nitrogen and oxygen atoms in total. The van der Waals surface area contributed by atoms with Gasteiger partial charge >= 0.3 is 0 Å². The van der Waals surface area contributed by atoms with Crippen LogP contribution in [-0.4, -0.2) is 32.6 Å². The van der Waals surface area contributed by atoms with Crippen LogP contribution in [0.25, 0.3) is 10.8 Å². The van der Waals surface area contributed by atoms with E-state index in [1.54, 1.807) is 12.1 Å². The molecule has 0 saturated carbocycles. The molecule has 0 fully saturated rings. The Bertz CT molecular complexity index is 1270. The van der Waals surface area contributed by atoms with Gasteiger partial charge in [0.2, 0.25) is 0 Å². The van der Waals surface area contributed by atoms with E-state index < -0.39 is 38.9 Å². The van der Waals surface area contributed by atoms with Gasteiger partial charge in [-0.1, -0.05) is 15.9 Å². The number of amides is 3. The van der Waals surface area contributed by atoms with Gasteiger partial charge in [0.1, 0.15) is 0 Å². The Morgan fingerprint density at radius 3 is 1.81 bits per heavy atom. The number of carbonyl (C=O) groups excluding carboxylic acids is 3. The summed E-state index contributed by atoms with van der Waals surface area (Å²) in [4.78, 5) is 59.5. The largest absolute Gasteiger partial charge is 0.280 e. The number of hydrogen-bond donors (Lipinski definition) is 1. The molecule has 0 atom stereocenters. The average molecular weight is 485 g/mol. The third kappa shape index (κ3) is 3.38. The van der Waals surface area contributed by atoms with Crippen LogP contribution < -0.4 is 5.43 Å². The summed E-state index contributed by atoms with van der Waals surface area (Å²) in [7, 11) is 0. The molecular weight excluding hydrogens is 476 g/mol. The molecule has 3 amide bonds. The van der Waals surface area contributed by atoms with Crippen molar-refractivity contribution in [2.75, 3.05) is 0 Å². The van der Waals surface area contributed by atoms with Crippen molar-refractivity contribution < 1.29 is 24.2 Å². The fourth-order valence-electron chi connectivity index (χ4n) is 3.23. The van der Waals surface area contributed by atoms with E-state index in [0.717, 1.165) is 24.3 Å². The van der Waals surface area contributed by atoms with Crippen LogP contribution in [0.1, 0.15) is 31.1 Å². The Kier molecular flexibility index (Phi) is 4.70. The van der Waals surface area contributed by atoms with Crippen molar-refractivity contribution in [2.24, 2.45) is 0 Å². The molecular formula is C19H9BrN4O7. The van der Waals surface area contributed by atoms with E-state index in [9.17, 15) is 34.6 Å². The van der Waals surface area contributed by atoms with E-state index in [-0.39, 0.29) is 27.5 Å². The normalized spacial score (nSPS) is 12.7. The first-order valence-electron chi connectivity index (χ1n) is 8.53. The molecule has 12 heteroatoms. The highest BCUT2D eigenvalue weighted by Crippen LogP contribution is 2.35. The van der Waals surface area contributed by atoms with Gasteiger partial charge in [-0.15, -0.1) is 0 Å². The lowest BCUT2D eigenvalue weighted by molar-refractivity contribution is -0.385. The first kappa shape index (κ1) is 20.1. The van der Waals surface area contributed by atoms with E-state index >= 15 is 0 Å². The number of nitrogens with zero attached hydrogens (tertiary/aromatic N) is 3. The second-order valence-corrected chi connectivity index (χ2v) is 7.41. The fraction of sp³-hybridized carbons (Fsp3) is 0. The van der Waals surface area contributed by atoms with Gasteiger partial charge in [0.25, 0.3) is 29.1 Å². The van der Waals surface area contributed by atoms with Gasteiger partial charge in [0.15, 0.2) is 0 Å². The summed E-state index contributed by atoms with van der Waals surface area (Å²) in [6.45, 7) is 0. The van der Waals surface area contributed by atoms with Gasteiger partial charge < -0.3 is 0 Å². The highest BCUT2D eigenvalue weighted by molar-refractivity contribution is 9.10. The van der Waals surface area contributed by atoms with Crippen LogP contribution in [0.3, 0.4) is 0 Å². The molecule has 1 heterocycles.